The SMILES string of the molecule is OCCCc1cccc(OC(F)(F)CF)c1. The summed E-state index contributed by atoms with van der Waals surface area (Å²) in [5.41, 5.74) is 0.765. The molecule has 1 aromatic rings. The molecule has 0 aliphatic heterocycles. The van der Waals surface area contributed by atoms with E-state index in [1.807, 2.05) is 0 Å². The second kappa shape index (κ2) is 5.75. The van der Waals surface area contributed by atoms with Gasteiger partial charge >= 0.3 is 6.11 Å². The zero-order valence-electron chi connectivity index (χ0n) is 8.63. The van der Waals surface area contributed by atoms with Crippen molar-refractivity contribution in [2.75, 3.05) is 13.3 Å². The summed E-state index contributed by atoms with van der Waals surface area (Å²) in [6.45, 7) is -1.82. The average molecular weight is 234 g/mol. The quantitative estimate of drug-likeness (QED) is 0.819. The highest BCUT2D eigenvalue weighted by Crippen LogP contribution is 2.23. The van der Waals surface area contributed by atoms with Gasteiger partial charge in [0, 0.05) is 6.61 Å². The van der Waals surface area contributed by atoms with Crippen LogP contribution in [-0.4, -0.2) is 24.5 Å². The Bertz CT molecular complexity index is 329. The van der Waals surface area contributed by atoms with Crippen molar-refractivity contribution >= 4 is 0 Å². The minimum Gasteiger partial charge on any atom is -0.431 e. The third kappa shape index (κ3) is 4.10. The summed E-state index contributed by atoms with van der Waals surface area (Å²) >= 11 is 0. The average Bonchev–Trinajstić information content (AvgIpc) is 2.26. The van der Waals surface area contributed by atoms with Crippen LogP contribution < -0.4 is 4.74 Å². The summed E-state index contributed by atoms with van der Waals surface area (Å²) in [5, 5.41) is 8.62. The second-order valence-electron chi connectivity index (χ2n) is 3.35. The lowest BCUT2D eigenvalue weighted by molar-refractivity contribution is -0.186. The van der Waals surface area contributed by atoms with E-state index in [9.17, 15) is 13.2 Å². The molecular weight excluding hydrogens is 221 g/mol. The minimum atomic E-state index is -3.78. The van der Waals surface area contributed by atoms with Crippen LogP contribution in [0.4, 0.5) is 13.2 Å². The van der Waals surface area contributed by atoms with Crippen molar-refractivity contribution in [3.63, 3.8) is 0 Å². The van der Waals surface area contributed by atoms with Crippen LogP contribution >= 0.6 is 0 Å². The smallest absolute Gasteiger partial charge is 0.427 e. The Balaban J connectivity index is 2.67. The molecule has 0 atom stereocenters. The molecule has 90 valence electrons. The Morgan fingerprint density at radius 1 is 1.31 bits per heavy atom. The number of benzene rings is 1. The summed E-state index contributed by atoms with van der Waals surface area (Å²) in [6.07, 6.45) is -2.67. The van der Waals surface area contributed by atoms with Gasteiger partial charge in [0.25, 0.3) is 0 Å². The van der Waals surface area contributed by atoms with E-state index in [1.165, 1.54) is 12.1 Å². The first-order valence-corrected chi connectivity index (χ1v) is 4.90. The fourth-order valence-electron chi connectivity index (χ4n) is 1.25. The third-order valence-corrected chi connectivity index (χ3v) is 1.94. The van der Waals surface area contributed by atoms with Gasteiger partial charge in [-0.3, -0.25) is 0 Å². The molecule has 16 heavy (non-hydrogen) atoms. The topological polar surface area (TPSA) is 29.5 Å². The lowest BCUT2D eigenvalue weighted by atomic mass is 10.1. The molecule has 0 radical (unpaired) electrons. The molecule has 0 aliphatic carbocycles. The second-order valence-corrected chi connectivity index (χ2v) is 3.35. The van der Waals surface area contributed by atoms with Gasteiger partial charge in [-0.25, -0.2) is 4.39 Å². The lowest BCUT2D eigenvalue weighted by Gasteiger charge is -2.14. The number of hydrogen-bond acceptors (Lipinski definition) is 2. The van der Waals surface area contributed by atoms with E-state index in [1.54, 1.807) is 12.1 Å². The highest BCUT2D eigenvalue weighted by molar-refractivity contribution is 5.28. The normalized spacial score (nSPS) is 11.5. The number of aryl methyl sites for hydroxylation is 1. The fraction of sp³-hybridized carbons (Fsp3) is 0.455. The van der Waals surface area contributed by atoms with Crippen molar-refractivity contribution in [1.82, 2.24) is 0 Å². The molecule has 0 heterocycles. The van der Waals surface area contributed by atoms with Gasteiger partial charge in [-0.15, -0.1) is 0 Å². The van der Waals surface area contributed by atoms with Gasteiger partial charge in [-0.05, 0) is 30.5 Å². The number of aliphatic hydroxyl groups excluding tert-OH is 1. The predicted octanol–water partition coefficient (Wildman–Crippen LogP) is 2.55. The summed E-state index contributed by atoms with van der Waals surface area (Å²) in [7, 11) is 0. The number of ether oxygens (including phenoxy) is 1. The fourth-order valence-corrected chi connectivity index (χ4v) is 1.25. The van der Waals surface area contributed by atoms with Gasteiger partial charge in [0.15, 0.2) is 6.67 Å². The maximum Gasteiger partial charge on any atom is 0.427 e. The Morgan fingerprint density at radius 2 is 2.06 bits per heavy atom. The van der Waals surface area contributed by atoms with Crippen molar-refractivity contribution in [3.8, 4) is 5.75 Å². The number of rotatable bonds is 6. The molecule has 0 unspecified atom stereocenters. The van der Waals surface area contributed by atoms with Crippen LogP contribution in [-0.2, 0) is 6.42 Å². The summed E-state index contributed by atoms with van der Waals surface area (Å²) in [4.78, 5) is 0. The zero-order chi connectivity index (χ0) is 12.0. The van der Waals surface area contributed by atoms with E-state index < -0.39 is 12.8 Å². The molecule has 5 heteroatoms. The van der Waals surface area contributed by atoms with Gasteiger partial charge in [0.1, 0.15) is 5.75 Å². The first-order valence-electron chi connectivity index (χ1n) is 4.90. The minimum absolute atomic E-state index is 0.0335. The van der Waals surface area contributed by atoms with Crippen LogP contribution in [0.1, 0.15) is 12.0 Å². The predicted molar refractivity (Wildman–Crippen MR) is 53.4 cm³/mol. The van der Waals surface area contributed by atoms with Crippen molar-refractivity contribution in [2.24, 2.45) is 0 Å². The molecule has 2 nitrogen and oxygen atoms in total. The van der Waals surface area contributed by atoms with Crippen LogP contribution in [0.15, 0.2) is 24.3 Å². The molecule has 0 fully saturated rings. The van der Waals surface area contributed by atoms with Crippen molar-refractivity contribution in [1.29, 1.82) is 0 Å². The molecule has 0 amide bonds. The van der Waals surface area contributed by atoms with Gasteiger partial charge < -0.3 is 9.84 Å². The maximum absolute atomic E-state index is 12.6. The first kappa shape index (κ1) is 12.8. The molecule has 0 aromatic heterocycles. The standard InChI is InChI=1S/C11H13F3O2/c12-8-11(13,14)16-10-5-1-3-9(7-10)4-2-6-15/h1,3,5,7,15H,2,4,6,8H2. The molecule has 0 aliphatic rings. The summed E-state index contributed by atoms with van der Waals surface area (Å²) in [6, 6.07) is 6.04. The Kier molecular flexibility index (Phi) is 4.61. The lowest BCUT2D eigenvalue weighted by Crippen LogP contribution is -2.26. The largest absolute Gasteiger partial charge is 0.431 e. The molecular formula is C11H13F3O2. The molecule has 1 rings (SSSR count). The highest BCUT2D eigenvalue weighted by Gasteiger charge is 2.31. The Labute approximate surface area is 91.7 Å². The number of alkyl halides is 3. The summed E-state index contributed by atoms with van der Waals surface area (Å²) < 4.78 is 41.2. The molecule has 1 aromatic carbocycles. The van der Waals surface area contributed by atoms with Crippen molar-refractivity contribution in [2.45, 2.75) is 19.0 Å². The zero-order valence-corrected chi connectivity index (χ0v) is 8.63. The first-order chi connectivity index (χ1) is 7.57. The van der Waals surface area contributed by atoms with Crippen LogP contribution in [0.25, 0.3) is 0 Å². The molecule has 0 saturated heterocycles. The Hall–Kier alpha value is -1.23. The van der Waals surface area contributed by atoms with Gasteiger partial charge in [0.05, 0.1) is 0 Å². The van der Waals surface area contributed by atoms with E-state index >= 15 is 0 Å². The molecule has 1 N–H and O–H groups in total. The maximum atomic E-state index is 12.6. The van der Waals surface area contributed by atoms with Crippen molar-refractivity contribution in [3.05, 3.63) is 29.8 Å². The van der Waals surface area contributed by atoms with Gasteiger partial charge in [-0.1, -0.05) is 12.1 Å². The number of aliphatic hydroxyl groups is 1. The van der Waals surface area contributed by atoms with E-state index in [0.717, 1.165) is 5.56 Å². The highest BCUT2D eigenvalue weighted by atomic mass is 19.3. The van der Waals surface area contributed by atoms with Gasteiger partial charge in [-0.2, -0.15) is 8.78 Å². The molecule has 0 bridgehead atoms. The Morgan fingerprint density at radius 3 is 2.69 bits per heavy atom. The van der Waals surface area contributed by atoms with Crippen molar-refractivity contribution < 1.29 is 23.0 Å². The number of halogens is 3. The molecule has 0 saturated carbocycles. The van der Waals surface area contributed by atoms with E-state index in [-0.39, 0.29) is 12.4 Å². The third-order valence-electron chi connectivity index (χ3n) is 1.94. The van der Waals surface area contributed by atoms with Gasteiger partial charge in [0.2, 0.25) is 0 Å². The van der Waals surface area contributed by atoms with Crippen LogP contribution in [0.5, 0.6) is 5.75 Å². The van der Waals surface area contributed by atoms with E-state index in [4.69, 9.17) is 5.11 Å². The van der Waals surface area contributed by atoms with Crippen LogP contribution in [0.2, 0.25) is 0 Å². The van der Waals surface area contributed by atoms with E-state index in [0.29, 0.717) is 12.8 Å². The van der Waals surface area contributed by atoms with Crippen LogP contribution in [0.3, 0.4) is 0 Å². The number of hydrogen-bond donors (Lipinski definition) is 1. The van der Waals surface area contributed by atoms with Crippen LogP contribution in [0, 0.1) is 0 Å². The monoisotopic (exact) mass is 234 g/mol. The summed E-state index contributed by atoms with van der Waals surface area (Å²) in [5.74, 6) is -0.0712. The molecule has 0 spiro atoms. The van der Waals surface area contributed by atoms with E-state index in [2.05, 4.69) is 4.74 Å².